The van der Waals surface area contributed by atoms with Gasteiger partial charge >= 0.3 is 0 Å². The highest BCUT2D eigenvalue weighted by Gasteiger charge is 2.29. The van der Waals surface area contributed by atoms with Crippen molar-refractivity contribution in [3.8, 4) is 0 Å². The van der Waals surface area contributed by atoms with Crippen LogP contribution in [0.25, 0.3) is 0 Å². The lowest BCUT2D eigenvalue weighted by Crippen LogP contribution is -2.50. The third kappa shape index (κ3) is 4.33. The fraction of sp³-hybridized carbons (Fsp3) is 0.316. The molecule has 0 saturated carbocycles. The second-order valence-corrected chi connectivity index (χ2v) is 7.03. The number of hydrogen-bond acceptors (Lipinski definition) is 3. The molecule has 2 aromatic carbocycles. The monoisotopic (exact) mass is 377 g/mol. The van der Waals surface area contributed by atoms with Crippen LogP contribution in [0.3, 0.4) is 0 Å². The molecule has 1 atom stereocenters. The molecule has 1 heterocycles. The largest absolute Gasteiger partial charge is 0.368 e. The van der Waals surface area contributed by atoms with Crippen molar-refractivity contribution in [1.82, 2.24) is 9.80 Å². The van der Waals surface area contributed by atoms with Crippen LogP contribution in [-0.4, -0.2) is 41.9 Å². The van der Waals surface area contributed by atoms with Crippen molar-refractivity contribution in [3.63, 3.8) is 0 Å². The van der Waals surface area contributed by atoms with Gasteiger partial charge in [0.25, 0.3) is 0 Å². The first kappa shape index (κ1) is 18.2. The minimum atomic E-state index is -0.377. The lowest BCUT2D eigenvalue weighted by molar-refractivity contribution is -0.124. The van der Waals surface area contributed by atoms with Gasteiger partial charge in [-0.1, -0.05) is 65.7 Å². The Hall–Kier alpha value is -1.59. The van der Waals surface area contributed by atoms with Crippen LogP contribution < -0.4 is 5.73 Å². The van der Waals surface area contributed by atoms with E-state index >= 15 is 0 Å². The lowest BCUT2D eigenvalue weighted by atomic mass is 10.0. The highest BCUT2D eigenvalue weighted by Crippen LogP contribution is 2.27. The molecular weight excluding hydrogens is 357 g/mol. The first-order valence-electron chi connectivity index (χ1n) is 8.30. The first-order chi connectivity index (χ1) is 12.1. The average Bonchev–Trinajstić information content (AvgIpc) is 2.61. The maximum absolute atomic E-state index is 12.0. The summed E-state index contributed by atoms with van der Waals surface area (Å²) in [7, 11) is 0. The van der Waals surface area contributed by atoms with Gasteiger partial charge < -0.3 is 5.73 Å². The van der Waals surface area contributed by atoms with E-state index < -0.39 is 0 Å². The molecule has 1 fully saturated rings. The summed E-state index contributed by atoms with van der Waals surface area (Å²) >= 11 is 12.4. The summed E-state index contributed by atoms with van der Waals surface area (Å²) in [5, 5.41) is 1.20. The number of benzene rings is 2. The Morgan fingerprint density at radius 1 is 1.00 bits per heavy atom. The molecule has 1 aliphatic heterocycles. The van der Waals surface area contributed by atoms with E-state index in [1.807, 2.05) is 42.5 Å². The Balaban J connectivity index is 1.64. The molecule has 2 aromatic rings. The average molecular weight is 378 g/mol. The Bertz CT molecular complexity index is 731. The van der Waals surface area contributed by atoms with Crippen LogP contribution in [0.5, 0.6) is 0 Å². The summed E-state index contributed by atoms with van der Waals surface area (Å²) in [6.45, 7) is 4.00. The van der Waals surface area contributed by atoms with Crippen LogP contribution in [0.15, 0.2) is 48.5 Å². The normalized spacial score (nSPS) is 17.4. The Labute approximate surface area is 158 Å². The molecule has 1 unspecified atom stereocenters. The molecule has 1 saturated heterocycles. The van der Waals surface area contributed by atoms with E-state index in [9.17, 15) is 4.79 Å². The molecule has 0 aliphatic carbocycles. The van der Waals surface area contributed by atoms with E-state index in [0.29, 0.717) is 10.0 Å². The number of rotatable bonds is 5. The number of primary amides is 1. The second kappa shape index (κ2) is 8.19. The van der Waals surface area contributed by atoms with Crippen molar-refractivity contribution in [1.29, 1.82) is 0 Å². The Morgan fingerprint density at radius 3 is 2.32 bits per heavy atom. The summed E-state index contributed by atoms with van der Waals surface area (Å²) in [6.07, 6.45) is 0. The van der Waals surface area contributed by atoms with Gasteiger partial charge in [0, 0.05) is 32.7 Å². The highest BCUT2D eigenvalue weighted by atomic mass is 35.5. The van der Waals surface area contributed by atoms with E-state index in [2.05, 4.69) is 9.80 Å². The quantitative estimate of drug-likeness (QED) is 0.868. The highest BCUT2D eigenvalue weighted by molar-refractivity contribution is 6.42. The van der Waals surface area contributed by atoms with Crippen molar-refractivity contribution in [2.75, 3.05) is 26.2 Å². The van der Waals surface area contributed by atoms with Crippen molar-refractivity contribution in [3.05, 3.63) is 69.7 Å². The number of carbonyl (C=O) groups is 1. The molecule has 2 N–H and O–H groups in total. The molecule has 132 valence electrons. The number of amides is 1. The smallest absolute Gasteiger partial charge is 0.239 e. The van der Waals surface area contributed by atoms with Crippen molar-refractivity contribution < 1.29 is 4.79 Å². The fourth-order valence-corrected chi connectivity index (χ4v) is 3.66. The maximum Gasteiger partial charge on any atom is 0.239 e. The summed E-state index contributed by atoms with van der Waals surface area (Å²) in [4.78, 5) is 16.5. The molecule has 4 nitrogen and oxygen atoms in total. The number of carbonyl (C=O) groups excluding carboxylic acids is 1. The number of piperazine rings is 1. The van der Waals surface area contributed by atoms with Crippen LogP contribution in [0.1, 0.15) is 17.2 Å². The van der Waals surface area contributed by atoms with Crippen molar-refractivity contribution in [2.24, 2.45) is 5.73 Å². The zero-order valence-electron chi connectivity index (χ0n) is 13.9. The molecule has 1 aliphatic rings. The van der Waals surface area contributed by atoms with Gasteiger partial charge in [-0.25, -0.2) is 0 Å². The van der Waals surface area contributed by atoms with E-state index in [4.69, 9.17) is 28.9 Å². The van der Waals surface area contributed by atoms with E-state index in [1.54, 1.807) is 6.07 Å². The van der Waals surface area contributed by atoms with Crippen LogP contribution in [0.4, 0.5) is 0 Å². The predicted octanol–water partition coefficient (Wildman–Crippen LogP) is 3.34. The number of nitrogens with two attached hydrogens (primary N) is 1. The van der Waals surface area contributed by atoms with Gasteiger partial charge in [-0.05, 0) is 17.2 Å². The van der Waals surface area contributed by atoms with Gasteiger partial charge in [0.1, 0.15) is 6.04 Å². The summed E-state index contributed by atoms with van der Waals surface area (Å²) in [6, 6.07) is 15.0. The summed E-state index contributed by atoms with van der Waals surface area (Å²) in [5.41, 5.74) is 7.64. The third-order valence-corrected chi connectivity index (χ3v) is 5.44. The number of halogens is 2. The minimum Gasteiger partial charge on any atom is -0.368 e. The molecule has 0 aromatic heterocycles. The fourth-order valence-electron chi connectivity index (χ4n) is 3.28. The maximum atomic E-state index is 12.0. The van der Waals surface area contributed by atoms with Gasteiger partial charge in [-0.3, -0.25) is 14.6 Å². The van der Waals surface area contributed by atoms with E-state index in [1.165, 1.54) is 0 Å². The summed E-state index contributed by atoms with van der Waals surface area (Å²) in [5.74, 6) is -0.308. The molecule has 3 rings (SSSR count). The van der Waals surface area contributed by atoms with Crippen LogP contribution in [-0.2, 0) is 11.3 Å². The van der Waals surface area contributed by atoms with Gasteiger partial charge in [-0.15, -0.1) is 0 Å². The predicted molar refractivity (Wildman–Crippen MR) is 102 cm³/mol. The van der Waals surface area contributed by atoms with E-state index in [-0.39, 0.29) is 11.9 Å². The molecule has 0 radical (unpaired) electrons. The first-order valence-corrected chi connectivity index (χ1v) is 9.05. The summed E-state index contributed by atoms with van der Waals surface area (Å²) < 4.78 is 0. The zero-order chi connectivity index (χ0) is 17.8. The van der Waals surface area contributed by atoms with Gasteiger partial charge in [0.2, 0.25) is 5.91 Å². The molecule has 0 bridgehead atoms. The molecule has 1 amide bonds. The topological polar surface area (TPSA) is 49.6 Å². The standard InChI is InChI=1S/C19H21Cl2N3O/c20-16-8-4-7-15(17(16)21)13-23-9-11-24(12-10-23)18(19(22)25)14-5-2-1-3-6-14/h1-8,18H,9-13H2,(H2,22,25). The molecule has 0 spiro atoms. The Kier molecular flexibility index (Phi) is 5.97. The molecule has 6 heteroatoms. The van der Waals surface area contributed by atoms with Crippen LogP contribution in [0, 0.1) is 0 Å². The SMILES string of the molecule is NC(=O)C(c1ccccc1)N1CCN(Cc2cccc(Cl)c2Cl)CC1. The number of hydrogen-bond donors (Lipinski definition) is 1. The van der Waals surface area contributed by atoms with Gasteiger partial charge in [0.05, 0.1) is 10.0 Å². The van der Waals surface area contributed by atoms with Crippen LogP contribution in [0.2, 0.25) is 10.0 Å². The van der Waals surface area contributed by atoms with Gasteiger partial charge in [0.15, 0.2) is 0 Å². The third-order valence-electron chi connectivity index (χ3n) is 4.58. The molecule has 25 heavy (non-hydrogen) atoms. The van der Waals surface area contributed by atoms with Gasteiger partial charge in [-0.2, -0.15) is 0 Å². The van der Waals surface area contributed by atoms with Crippen LogP contribution >= 0.6 is 23.2 Å². The Morgan fingerprint density at radius 2 is 1.68 bits per heavy atom. The molecular formula is C19H21Cl2N3O. The second-order valence-electron chi connectivity index (χ2n) is 6.24. The minimum absolute atomic E-state index is 0.308. The van der Waals surface area contributed by atoms with Crippen molar-refractivity contribution in [2.45, 2.75) is 12.6 Å². The lowest BCUT2D eigenvalue weighted by Gasteiger charge is -2.38. The van der Waals surface area contributed by atoms with Crippen molar-refractivity contribution >= 4 is 29.1 Å². The number of nitrogens with zero attached hydrogens (tertiary/aromatic N) is 2. The van der Waals surface area contributed by atoms with E-state index in [0.717, 1.165) is 43.9 Å². The zero-order valence-corrected chi connectivity index (χ0v) is 15.4.